The van der Waals surface area contributed by atoms with Gasteiger partial charge in [-0.05, 0) is 31.4 Å². The van der Waals surface area contributed by atoms with E-state index in [1.54, 1.807) is 10.7 Å². The standard InChI is InChI=1S/C20H23N5O/c1-15-18(19-21-10-5-11-25(19)23-15)20(26)22-17-8-12-24(13-9-17)14-16-6-3-2-4-7-16/h2-7,10-11,17H,8-9,12-14H2,1H3,(H,22,26). The Kier molecular flexibility index (Phi) is 4.67. The van der Waals surface area contributed by atoms with Crippen molar-refractivity contribution in [3.8, 4) is 0 Å². The van der Waals surface area contributed by atoms with Crippen LogP contribution in [0, 0.1) is 6.92 Å². The highest BCUT2D eigenvalue weighted by Gasteiger charge is 2.24. The lowest BCUT2D eigenvalue weighted by Crippen LogP contribution is -2.44. The van der Waals surface area contributed by atoms with Crippen molar-refractivity contribution in [2.45, 2.75) is 32.4 Å². The number of aryl methyl sites for hydroxylation is 1. The van der Waals surface area contributed by atoms with Gasteiger partial charge in [0.05, 0.1) is 5.69 Å². The van der Waals surface area contributed by atoms with E-state index in [-0.39, 0.29) is 11.9 Å². The zero-order valence-corrected chi connectivity index (χ0v) is 14.9. The van der Waals surface area contributed by atoms with E-state index in [9.17, 15) is 4.79 Å². The smallest absolute Gasteiger partial charge is 0.257 e. The third-order valence-electron chi connectivity index (χ3n) is 4.97. The molecule has 3 heterocycles. The molecule has 1 aliphatic heterocycles. The summed E-state index contributed by atoms with van der Waals surface area (Å²) in [6, 6.07) is 12.5. The molecule has 26 heavy (non-hydrogen) atoms. The molecule has 6 nitrogen and oxygen atoms in total. The first-order valence-corrected chi connectivity index (χ1v) is 9.08. The Morgan fingerprint density at radius 1 is 1.19 bits per heavy atom. The molecule has 6 heteroatoms. The molecule has 0 radical (unpaired) electrons. The van der Waals surface area contributed by atoms with Gasteiger partial charge in [0.1, 0.15) is 5.56 Å². The highest BCUT2D eigenvalue weighted by molar-refractivity contribution is 6.01. The maximum Gasteiger partial charge on any atom is 0.257 e. The van der Waals surface area contributed by atoms with E-state index in [0.717, 1.165) is 32.5 Å². The van der Waals surface area contributed by atoms with Crippen molar-refractivity contribution in [2.75, 3.05) is 13.1 Å². The number of likely N-dealkylation sites (tertiary alicyclic amines) is 1. The van der Waals surface area contributed by atoms with Crippen molar-refractivity contribution in [3.63, 3.8) is 0 Å². The van der Waals surface area contributed by atoms with Crippen LogP contribution in [0.25, 0.3) is 5.65 Å². The largest absolute Gasteiger partial charge is 0.349 e. The Labute approximate surface area is 152 Å². The first-order valence-electron chi connectivity index (χ1n) is 9.08. The summed E-state index contributed by atoms with van der Waals surface area (Å²) < 4.78 is 1.66. The number of carbonyl (C=O) groups is 1. The van der Waals surface area contributed by atoms with Crippen LogP contribution in [-0.2, 0) is 6.54 Å². The van der Waals surface area contributed by atoms with Gasteiger partial charge in [0, 0.05) is 38.1 Å². The first-order chi connectivity index (χ1) is 12.7. The molecule has 4 rings (SSSR count). The first kappa shape index (κ1) is 16.7. The summed E-state index contributed by atoms with van der Waals surface area (Å²) in [5.74, 6) is -0.0716. The average Bonchev–Trinajstić information content (AvgIpc) is 3.00. The highest BCUT2D eigenvalue weighted by atomic mass is 16.1. The van der Waals surface area contributed by atoms with Gasteiger partial charge in [0.2, 0.25) is 0 Å². The predicted molar refractivity (Wildman–Crippen MR) is 99.9 cm³/mol. The monoisotopic (exact) mass is 349 g/mol. The van der Waals surface area contributed by atoms with E-state index in [1.165, 1.54) is 5.56 Å². The molecule has 0 aliphatic carbocycles. The lowest BCUT2D eigenvalue weighted by Gasteiger charge is -2.32. The predicted octanol–water partition coefficient (Wildman–Crippen LogP) is 2.43. The number of fused-ring (bicyclic) bond motifs is 1. The maximum absolute atomic E-state index is 12.8. The van der Waals surface area contributed by atoms with Gasteiger partial charge in [-0.2, -0.15) is 5.10 Å². The number of amides is 1. The molecule has 1 aliphatic rings. The summed E-state index contributed by atoms with van der Waals surface area (Å²) in [4.78, 5) is 19.5. The van der Waals surface area contributed by atoms with E-state index in [4.69, 9.17) is 0 Å². The molecule has 0 spiro atoms. The highest BCUT2D eigenvalue weighted by Crippen LogP contribution is 2.17. The van der Waals surface area contributed by atoms with E-state index < -0.39 is 0 Å². The summed E-state index contributed by atoms with van der Waals surface area (Å²) in [6.45, 7) is 4.81. The molecule has 1 aromatic carbocycles. The van der Waals surface area contributed by atoms with Crippen LogP contribution in [0.3, 0.4) is 0 Å². The van der Waals surface area contributed by atoms with Gasteiger partial charge < -0.3 is 5.32 Å². The number of hydrogen-bond donors (Lipinski definition) is 1. The van der Waals surface area contributed by atoms with Crippen LogP contribution in [0.15, 0.2) is 48.8 Å². The quantitative estimate of drug-likeness (QED) is 0.786. The van der Waals surface area contributed by atoms with Gasteiger partial charge in [-0.3, -0.25) is 9.69 Å². The van der Waals surface area contributed by atoms with Crippen LogP contribution < -0.4 is 5.32 Å². The average molecular weight is 349 g/mol. The summed E-state index contributed by atoms with van der Waals surface area (Å²) in [5.41, 5.74) is 3.24. The fourth-order valence-corrected chi connectivity index (χ4v) is 3.60. The Balaban J connectivity index is 1.37. The topological polar surface area (TPSA) is 62.5 Å². The molecule has 3 aromatic rings. The molecule has 1 saturated heterocycles. The van der Waals surface area contributed by atoms with Gasteiger partial charge in [-0.15, -0.1) is 0 Å². The minimum Gasteiger partial charge on any atom is -0.349 e. The SMILES string of the molecule is Cc1nn2cccnc2c1C(=O)NC1CCN(Cc2ccccc2)CC1. The van der Waals surface area contributed by atoms with Gasteiger partial charge in [0.15, 0.2) is 5.65 Å². The van der Waals surface area contributed by atoms with Gasteiger partial charge in [0.25, 0.3) is 5.91 Å². The minimum atomic E-state index is -0.0716. The second-order valence-electron chi connectivity index (χ2n) is 6.86. The normalized spacial score (nSPS) is 16.0. The van der Waals surface area contributed by atoms with Gasteiger partial charge >= 0.3 is 0 Å². The molecule has 0 bridgehead atoms. The lowest BCUT2D eigenvalue weighted by atomic mass is 10.0. The Hall–Kier alpha value is -2.73. The van der Waals surface area contributed by atoms with Gasteiger partial charge in [-0.1, -0.05) is 30.3 Å². The summed E-state index contributed by atoms with van der Waals surface area (Å²) in [5, 5.41) is 7.55. The second-order valence-corrected chi connectivity index (χ2v) is 6.86. The number of nitrogens with zero attached hydrogens (tertiary/aromatic N) is 4. The number of hydrogen-bond acceptors (Lipinski definition) is 4. The Morgan fingerprint density at radius 2 is 1.96 bits per heavy atom. The number of aromatic nitrogens is 3. The van der Waals surface area contributed by atoms with E-state index in [2.05, 4.69) is 44.6 Å². The van der Waals surface area contributed by atoms with Crippen LogP contribution in [-0.4, -0.2) is 44.5 Å². The fourth-order valence-electron chi connectivity index (χ4n) is 3.60. The van der Waals surface area contributed by atoms with Crippen molar-refractivity contribution >= 4 is 11.6 Å². The molecule has 1 N–H and O–H groups in total. The van der Waals surface area contributed by atoms with Crippen LogP contribution in [0.5, 0.6) is 0 Å². The molecule has 1 fully saturated rings. The number of nitrogens with one attached hydrogen (secondary N) is 1. The van der Waals surface area contributed by atoms with Crippen molar-refractivity contribution in [1.29, 1.82) is 0 Å². The van der Waals surface area contributed by atoms with Crippen LogP contribution in [0.4, 0.5) is 0 Å². The van der Waals surface area contributed by atoms with Gasteiger partial charge in [-0.25, -0.2) is 9.50 Å². The number of benzene rings is 1. The summed E-state index contributed by atoms with van der Waals surface area (Å²) in [6.07, 6.45) is 5.43. The van der Waals surface area contributed by atoms with Crippen LogP contribution >= 0.6 is 0 Å². The Morgan fingerprint density at radius 3 is 2.73 bits per heavy atom. The summed E-state index contributed by atoms with van der Waals surface area (Å²) in [7, 11) is 0. The molecular weight excluding hydrogens is 326 g/mol. The minimum absolute atomic E-state index is 0.0716. The second kappa shape index (κ2) is 7.25. The van der Waals surface area contributed by atoms with Crippen LogP contribution in [0.2, 0.25) is 0 Å². The number of piperidine rings is 1. The summed E-state index contributed by atoms with van der Waals surface area (Å²) >= 11 is 0. The molecule has 0 unspecified atom stereocenters. The molecule has 1 amide bonds. The zero-order valence-electron chi connectivity index (χ0n) is 14.9. The molecule has 0 saturated carbocycles. The van der Waals surface area contributed by atoms with Crippen LogP contribution in [0.1, 0.15) is 34.5 Å². The van der Waals surface area contributed by atoms with Crippen molar-refractivity contribution < 1.29 is 4.79 Å². The maximum atomic E-state index is 12.8. The number of rotatable bonds is 4. The lowest BCUT2D eigenvalue weighted by molar-refractivity contribution is 0.0910. The fraction of sp³-hybridized carbons (Fsp3) is 0.350. The zero-order chi connectivity index (χ0) is 17.9. The third-order valence-corrected chi connectivity index (χ3v) is 4.97. The van der Waals surface area contributed by atoms with E-state index in [0.29, 0.717) is 16.9 Å². The molecule has 134 valence electrons. The third kappa shape index (κ3) is 3.46. The van der Waals surface area contributed by atoms with Crippen molar-refractivity contribution in [2.24, 2.45) is 0 Å². The molecule has 0 atom stereocenters. The molecular formula is C20H23N5O. The molecule has 2 aromatic heterocycles. The Bertz CT molecular complexity index is 897. The van der Waals surface area contributed by atoms with Crippen molar-refractivity contribution in [3.05, 3.63) is 65.6 Å². The van der Waals surface area contributed by atoms with E-state index in [1.807, 2.05) is 25.3 Å². The van der Waals surface area contributed by atoms with E-state index >= 15 is 0 Å². The van der Waals surface area contributed by atoms with Crippen molar-refractivity contribution in [1.82, 2.24) is 24.8 Å². The number of carbonyl (C=O) groups excluding carboxylic acids is 1.